The molecule has 0 saturated heterocycles. The number of ketones is 1. The fraction of sp³-hybridized carbons (Fsp3) is 0.273. The van der Waals surface area contributed by atoms with Gasteiger partial charge in [0.2, 0.25) is 0 Å². The second-order valence-electron chi connectivity index (χ2n) is 6.68. The van der Waals surface area contributed by atoms with Gasteiger partial charge in [-0.05, 0) is 37.1 Å². The summed E-state index contributed by atoms with van der Waals surface area (Å²) in [5, 5.41) is 10.3. The number of nitrogens with zero attached hydrogens (tertiary/aromatic N) is 1. The van der Waals surface area contributed by atoms with Crippen LogP contribution in [-0.2, 0) is 16.0 Å². The van der Waals surface area contributed by atoms with Gasteiger partial charge in [0.15, 0.2) is 23.0 Å². The molecule has 0 fully saturated rings. The Labute approximate surface area is 168 Å². The molecule has 1 atom stereocenters. The zero-order valence-corrected chi connectivity index (χ0v) is 16.4. The molecular weight excluding hydrogens is 377 g/mol. The summed E-state index contributed by atoms with van der Waals surface area (Å²) in [4.78, 5) is 26.1. The van der Waals surface area contributed by atoms with E-state index in [2.05, 4.69) is 0 Å². The number of ether oxygens (including phenoxy) is 2. The van der Waals surface area contributed by atoms with Gasteiger partial charge in [0.1, 0.15) is 5.82 Å². The summed E-state index contributed by atoms with van der Waals surface area (Å²) in [5.41, 5.74) is 0.938. The highest BCUT2D eigenvalue weighted by atomic mass is 19.1. The molecular formula is C22H22FNO5. The van der Waals surface area contributed by atoms with Crippen LogP contribution in [0.2, 0.25) is 0 Å². The molecule has 1 aliphatic rings. The summed E-state index contributed by atoms with van der Waals surface area (Å²) in [6.45, 7) is 1.43. The van der Waals surface area contributed by atoms with Crippen molar-refractivity contribution >= 4 is 11.7 Å². The van der Waals surface area contributed by atoms with Gasteiger partial charge in [0.25, 0.3) is 5.91 Å². The summed E-state index contributed by atoms with van der Waals surface area (Å²) in [5.74, 6) is -1.21. The third-order valence-corrected chi connectivity index (χ3v) is 4.97. The Balaban J connectivity index is 1.92. The van der Waals surface area contributed by atoms with Gasteiger partial charge in [0, 0.05) is 12.1 Å². The summed E-state index contributed by atoms with van der Waals surface area (Å²) in [7, 11) is 3.07. The number of aliphatic hydroxyl groups is 1. The molecule has 1 aliphatic heterocycles. The second kappa shape index (κ2) is 8.34. The maximum atomic E-state index is 14.5. The number of carbonyl (C=O) groups excluding carboxylic acids is 2. The molecule has 6 nitrogen and oxygen atoms in total. The smallest absolute Gasteiger partial charge is 0.290 e. The zero-order chi connectivity index (χ0) is 21.1. The van der Waals surface area contributed by atoms with Crippen molar-refractivity contribution in [2.24, 2.45) is 0 Å². The largest absolute Gasteiger partial charge is 0.503 e. The number of aliphatic hydroxyl groups excluding tert-OH is 1. The number of rotatable bonds is 7. The van der Waals surface area contributed by atoms with Crippen LogP contribution >= 0.6 is 0 Å². The Morgan fingerprint density at radius 1 is 1.14 bits per heavy atom. The molecule has 3 rings (SSSR count). The summed E-state index contributed by atoms with van der Waals surface area (Å²) >= 11 is 0. The van der Waals surface area contributed by atoms with Gasteiger partial charge < -0.3 is 19.5 Å². The molecule has 1 N–H and O–H groups in total. The normalized spacial score (nSPS) is 16.3. The van der Waals surface area contributed by atoms with Crippen LogP contribution < -0.4 is 9.47 Å². The molecule has 2 aromatic carbocycles. The van der Waals surface area contributed by atoms with Crippen LogP contribution in [0.5, 0.6) is 11.5 Å². The number of amides is 1. The molecule has 0 bridgehead atoms. The molecule has 0 aromatic heterocycles. The predicted octanol–water partition coefficient (Wildman–Crippen LogP) is 3.37. The first-order valence-corrected chi connectivity index (χ1v) is 9.09. The number of halogens is 1. The molecule has 2 aromatic rings. The molecule has 0 aliphatic carbocycles. The van der Waals surface area contributed by atoms with Crippen LogP contribution in [0, 0.1) is 5.82 Å². The minimum atomic E-state index is -0.971. The van der Waals surface area contributed by atoms with Gasteiger partial charge in [-0.2, -0.15) is 0 Å². The standard InChI is InChI=1S/C22H22FNO5/c1-13(25)19-20(15-6-4-5-7-16(15)23)24(22(27)21(19)26)11-10-14-8-9-17(28-2)18(12-14)29-3/h4-9,12,20,26H,10-11H2,1-3H3/t20-/m1/s1. The number of hydrogen-bond donors (Lipinski definition) is 1. The molecule has 1 amide bonds. The number of Topliss-reactive ketones (excluding diaryl/α,β-unsaturated/α-hetero) is 1. The van der Waals surface area contributed by atoms with Crippen LogP contribution in [0.4, 0.5) is 4.39 Å². The van der Waals surface area contributed by atoms with E-state index >= 15 is 0 Å². The maximum absolute atomic E-state index is 14.5. The van der Waals surface area contributed by atoms with E-state index < -0.39 is 29.3 Å². The topological polar surface area (TPSA) is 76.1 Å². The highest BCUT2D eigenvalue weighted by molar-refractivity contribution is 6.08. The van der Waals surface area contributed by atoms with Crippen molar-refractivity contribution in [2.45, 2.75) is 19.4 Å². The molecule has 7 heteroatoms. The molecule has 0 radical (unpaired) electrons. The van der Waals surface area contributed by atoms with Crippen molar-refractivity contribution in [1.82, 2.24) is 4.90 Å². The Morgan fingerprint density at radius 3 is 2.45 bits per heavy atom. The van der Waals surface area contributed by atoms with E-state index in [1.54, 1.807) is 18.2 Å². The third-order valence-electron chi connectivity index (χ3n) is 4.97. The molecule has 1 heterocycles. The highest BCUT2D eigenvalue weighted by Crippen LogP contribution is 2.39. The van der Waals surface area contributed by atoms with Gasteiger partial charge >= 0.3 is 0 Å². The zero-order valence-electron chi connectivity index (χ0n) is 16.4. The number of carbonyl (C=O) groups is 2. The first-order valence-electron chi connectivity index (χ1n) is 9.09. The Kier molecular flexibility index (Phi) is 5.87. The molecule has 0 saturated carbocycles. The number of benzene rings is 2. The number of hydrogen-bond acceptors (Lipinski definition) is 5. The predicted molar refractivity (Wildman–Crippen MR) is 104 cm³/mol. The SMILES string of the molecule is COc1ccc(CCN2C(=O)C(O)=C(C(C)=O)[C@H]2c2ccccc2F)cc1OC. The average molecular weight is 399 g/mol. The quantitative estimate of drug-likeness (QED) is 0.773. The van der Waals surface area contributed by atoms with Crippen molar-refractivity contribution in [2.75, 3.05) is 20.8 Å². The molecule has 152 valence electrons. The van der Waals surface area contributed by atoms with E-state index in [1.807, 2.05) is 6.07 Å². The van der Waals surface area contributed by atoms with Crippen molar-refractivity contribution in [3.63, 3.8) is 0 Å². The van der Waals surface area contributed by atoms with Gasteiger partial charge in [0.05, 0.1) is 25.8 Å². The van der Waals surface area contributed by atoms with Crippen molar-refractivity contribution in [3.05, 3.63) is 70.7 Å². The van der Waals surface area contributed by atoms with Crippen LogP contribution in [0.3, 0.4) is 0 Å². The minimum Gasteiger partial charge on any atom is -0.503 e. The minimum absolute atomic E-state index is 0.0904. The Hall–Kier alpha value is -3.35. The lowest BCUT2D eigenvalue weighted by molar-refractivity contribution is -0.129. The summed E-state index contributed by atoms with van der Waals surface area (Å²) in [6, 6.07) is 10.3. The Morgan fingerprint density at radius 2 is 1.83 bits per heavy atom. The Bertz CT molecular complexity index is 985. The van der Waals surface area contributed by atoms with E-state index in [-0.39, 0.29) is 17.7 Å². The summed E-state index contributed by atoms with van der Waals surface area (Å²) in [6.07, 6.45) is 0.412. The molecule has 29 heavy (non-hydrogen) atoms. The molecule has 0 unspecified atom stereocenters. The van der Waals surface area contributed by atoms with E-state index in [0.717, 1.165) is 5.56 Å². The van der Waals surface area contributed by atoms with Gasteiger partial charge in [-0.3, -0.25) is 9.59 Å². The van der Waals surface area contributed by atoms with E-state index in [0.29, 0.717) is 17.9 Å². The fourth-order valence-electron chi connectivity index (χ4n) is 3.55. The van der Waals surface area contributed by atoms with Crippen LogP contribution in [0.25, 0.3) is 0 Å². The van der Waals surface area contributed by atoms with Crippen LogP contribution in [0.15, 0.2) is 53.8 Å². The lowest BCUT2D eigenvalue weighted by atomic mass is 9.96. The summed E-state index contributed by atoms with van der Waals surface area (Å²) < 4.78 is 25.0. The lowest BCUT2D eigenvalue weighted by Crippen LogP contribution is -2.33. The lowest BCUT2D eigenvalue weighted by Gasteiger charge is -2.27. The van der Waals surface area contributed by atoms with Crippen molar-refractivity contribution in [1.29, 1.82) is 0 Å². The first-order chi connectivity index (χ1) is 13.9. The first kappa shape index (κ1) is 20.4. The van der Waals surface area contributed by atoms with Crippen LogP contribution in [0.1, 0.15) is 24.1 Å². The maximum Gasteiger partial charge on any atom is 0.290 e. The van der Waals surface area contributed by atoms with Gasteiger partial charge in [-0.25, -0.2) is 4.39 Å². The van der Waals surface area contributed by atoms with Crippen molar-refractivity contribution in [3.8, 4) is 11.5 Å². The fourth-order valence-corrected chi connectivity index (χ4v) is 3.55. The monoisotopic (exact) mass is 399 g/mol. The van der Waals surface area contributed by atoms with E-state index in [4.69, 9.17) is 9.47 Å². The van der Waals surface area contributed by atoms with Crippen molar-refractivity contribution < 1.29 is 28.6 Å². The molecule has 0 spiro atoms. The average Bonchev–Trinajstić information content (AvgIpc) is 2.97. The highest BCUT2D eigenvalue weighted by Gasteiger charge is 2.43. The number of methoxy groups -OCH3 is 2. The second-order valence-corrected chi connectivity index (χ2v) is 6.68. The van der Waals surface area contributed by atoms with E-state index in [9.17, 15) is 19.1 Å². The van der Waals surface area contributed by atoms with Gasteiger partial charge in [-0.15, -0.1) is 0 Å². The van der Waals surface area contributed by atoms with Gasteiger partial charge in [-0.1, -0.05) is 24.3 Å². The van der Waals surface area contributed by atoms with E-state index in [1.165, 1.54) is 44.2 Å². The van der Waals surface area contributed by atoms with Crippen LogP contribution in [-0.4, -0.2) is 42.5 Å². The third kappa shape index (κ3) is 3.81.